The lowest BCUT2D eigenvalue weighted by atomic mass is 10.1. The SMILES string of the molecule is CN(CCc1ccccc1F)CC(O)CCN. The van der Waals surface area contributed by atoms with Gasteiger partial charge in [-0.2, -0.15) is 0 Å². The van der Waals surface area contributed by atoms with Gasteiger partial charge < -0.3 is 15.7 Å². The van der Waals surface area contributed by atoms with E-state index >= 15 is 0 Å². The van der Waals surface area contributed by atoms with Gasteiger partial charge in [-0.15, -0.1) is 0 Å². The van der Waals surface area contributed by atoms with Crippen molar-refractivity contribution in [3.05, 3.63) is 35.6 Å². The van der Waals surface area contributed by atoms with Gasteiger partial charge in [-0.25, -0.2) is 4.39 Å². The number of aliphatic hydroxyl groups excluding tert-OH is 1. The second-order valence-corrected chi connectivity index (χ2v) is 4.33. The molecule has 0 fully saturated rings. The van der Waals surface area contributed by atoms with E-state index in [2.05, 4.69) is 0 Å². The van der Waals surface area contributed by atoms with Gasteiger partial charge in [0.25, 0.3) is 0 Å². The van der Waals surface area contributed by atoms with E-state index < -0.39 is 6.10 Å². The van der Waals surface area contributed by atoms with Crippen molar-refractivity contribution in [3.63, 3.8) is 0 Å². The maximum Gasteiger partial charge on any atom is 0.126 e. The van der Waals surface area contributed by atoms with Crippen molar-refractivity contribution in [1.82, 2.24) is 4.90 Å². The lowest BCUT2D eigenvalue weighted by Gasteiger charge is -2.20. The van der Waals surface area contributed by atoms with E-state index in [1.165, 1.54) is 6.07 Å². The zero-order chi connectivity index (χ0) is 12.7. The highest BCUT2D eigenvalue weighted by atomic mass is 19.1. The minimum absolute atomic E-state index is 0.164. The molecule has 0 radical (unpaired) electrons. The molecular weight excluding hydrogens is 219 g/mol. The van der Waals surface area contributed by atoms with Gasteiger partial charge in [-0.3, -0.25) is 0 Å². The molecule has 0 aromatic heterocycles. The maximum absolute atomic E-state index is 13.3. The normalized spacial score (nSPS) is 13.0. The van der Waals surface area contributed by atoms with Crippen LogP contribution in [0.25, 0.3) is 0 Å². The zero-order valence-corrected chi connectivity index (χ0v) is 10.3. The predicted octanol–water partition coefficient (Wildman–Crippen LogP) is 1.01. The Morgan fingerprint density at radius 1 is 1.41 bits per heavy atom. The molecule has 0 aliphatic heterocycles. The van der Waals surface area contributed by atoms with E-state index in [9.17, 15) is 9.50 Å². The molecule has 0 aliphatic carbocycles. The second-order valence-electron chi connectivity index (χ2n) is 4.33. The van der Waals surface area contributed by atoms with Crippen molar-refractivity contribution in [2.45, 2.75) is 18.9 Å². The molecule has 17 heavy (non-hydrogen) atoms. The van der Waals surface area contributed by atoms with Gasteiger partial charge in [0, 0.05) is 13.1 Å². The molecule has 3 nitrogen and oxygen atoms in total. The number of halogens is 1. The summed E-state index contributed by atoms with van der Waals surface area (Å²) in [5, 5.41) is 9.58. The number of benzene rings is 1. The lowest BCUT2D eigenvalue weighted by Crippen LogP contribution is -2.32. The van der Waals surface area contributed by atoms with E-state index in [0.717, 1.165) is 6.54 Å². The van der Waals surface area contributed by atoms with Crippen molar-refractivity contribution in [2.24, 2.45) is 5.73 Å². The summed E-state index contributed by atoms with van der Waals surface area (Å²) in [5.74, 6) is -0.164. The molecule has 96 valence electrons. The van der Waals surface area contributed by atoms with Crippen molar-refractivity contribution in [1.29, 1.82) is 0 Å². The summed E-state index contributed by atoms with van der Waals surface area (Å²) < 4.78 is 13.3. The Bertz CT molecular complexity index is 333. The summed E-state index contributed by atoms with van der Waals surface area (Å²) in [7, 11) is 1.92. The van der Waals surface area contributed by atoms with Crippen molar-refractivity contribution < 1.29 is 9.50 Å². The Hall–Kier alpha value is -0.970. The largest absolute Gasteiger partial charge is 0.392 e. The summed E-state index contributed by atoms with van der Waals surface area (Å²) >= 11 is 0. The van der Waals surface area contributed by atoms with Crippen LogP contribution in [0.3, 0.4) is 0 Å². The van der Waals surface area contributed by atoms with E-state index in [0.29, 0.717) is 31.5 Å². The molecule has 4 heteroatoms. The van der Waals surface area contributed by atoms with Crippen LogP contribution < -0.4 is 5.73 Å². The molecule has 1 unspecified atom stereocenters. The van der Waals surface area contributed by atoms with E-state index in [-0.39, 0.29) is 5.82 Å². The van der Waals surface area contributed by atoms with Gasteiger partial charge >= 0.3 is 0 Å². The Morgan fingerprint density at radius 3 is 2.76 bits per heavy atom. The van der Waals surface area contributed by atoms with Crippen LogP contribution in [-0.2, 0) is 6.42 Å². The smallest absolute Gasteiger partial charge is 0.126 e. The molecule has 0 amide bonds. The summed E-state index contributed by atoms with van der Waals surface area (Å²) in [6.45, 7) is 1.79. The van der Waals surface area contributed by atoms with Gasteiger partial charge in [-0.1, -0.05) is 18.2 Å². The van der Waals surface area contributed by atoms with Gasteiger partial charge in [0.15, 0.2) is 0 Å². The summed E-state index contributed by atoms with van der Waals surface area (Å²) in [6, 6.07) is 6.79. The molecule has 1 rings (SSSR count). The number of likely N-dealkylation sites (N-methyl/N-ethyl adjacent to an activating group) is 1. The van der Waals surface area contributed by atoms with E-state index in [1.54, 1.807) is 12.1 Å². The summed E-state index contributed by atoms with van der Waals surface area (Å²) in [6.07, 6.45) is 0.855. The molecule has 0 spiro atoms. The average molecular weight is 240 g/mol. The highest BCUT2D eigenvalue weighted by molar-refractivity contribution is 5.17. The monoisotopic (exact) mass is 240 g/mol. The Kier molecular flexibility index (Phi) is 6.11. The summed E-state index contributed by atoms with van der Waals surface area (Å²) in [5.41, 5.74) is 6.08. The molecule has 1 aromatic carbocycles. The Morgan fingerprint density at radius 2 is 2.12 bits per heavy atom. The number of rotatable bonds is 7. The van der Waals surface area contributed by atoms with Crippen LogP contribution in [0.2, 0.25) is 0 Å². The van der Waals surface area contributed by atoms with E-state index in [1.807, 2.05) is 18.0 Å². The molecule has 3 N–H and O–H groups in total. The fourth-order valence-corrected chi connectivity index (χ4v) is 1.75. The van der Waals surface area contributed by atoms with Gasteiger partial charge in [0.05, 0.1) is 6.10 Å². The third kappa shape index (κ3) is 5.26. The molecule has 0 aliphatic rings. The van der Waals surface area contributed by atoms with Gasteiger partial charge in [-0.05, 0) is 38.1 Å². The van der Waals surface area contributed by atoms with Crippen molar-refractivity contribution in [2.75, 3.05) is 26.7 Å². The van der Waals surface area contributed by atoms with Crippen LogP contribution in [0, 0.1) is 5.82 Å². The molecule has 0 saturated heterocycles. The van der Waals surface area contributed by atoms with Crippen LogP contribution in [0.1, 0.15) is 12.0 Å². The third-order valence-corrected chi connectivity index (χ3v) is 2.74. The molecule has 0 bridgehead atoms. The van der Waals surface area contributed by atoms with E-state index in [4.69, 9.17) is 5.73 Å². The first kappa shape index (κ1) is 14.1. The quantitative estimate of drug-likeness (QED) is 0.748. The van der Waals surface area contributed by atoms with Crippen LogP contribution >= 0.6 is 0 Å². The number of nitrogens with zero attached hydrogens (tertiary/aromatic N) is 1. The number of aliphatic hydroxyl groups is 1. The minimum atomic E-state index is -0.398. The number of hydrogen-bond acceptors (Lipinski definition) is 3. The highest BCUT2D eigenvalue weighted by Crippen LogP contribution is 2.07. The maximum atomic E-state index is 13.3. The Balaban J connectivity index is 2.33. The van der Waals surface area contributed by atoms with Crippen molar-refractivity contribution >= 4 is 0 Å². The lowest BCUT2D eigenvalue weighted by molar-refractivity contribution is 0.120. The van der Waals surface area contributed by atoms with Gasteiger partial charge in [0.2, 0.25) is 0 Å². The highest BCUT2D eigenvalue weighted by Gasteiger charge is 2.08. The number of nitrogens with two attached hydrogens (primary N) is 1. The molecule has 1 aromatic rings. The number of hydrogen-bond donors (Lipinski definition) is 2. The Labute approximate surface area is 102 Å². The molecule has 0 saturated carbocycles. The molecule has 0 heterocycles. The first-order valence-corrected chi connectivity index (χ1v) is 5.93. The standard InChI is InChI=1S/C13H21FN2O/c1-16(10-12(17)6-8-15)9-7-11-4-2-3-5-13(11)14/h2-5,12,17H,6-10,15H2,1H3. The van der Waals surface area contributed by atoms with Crippen LogP contribution in [0.5, 0.6) is 0 Å². The summed E-state index contributed by atoms with van der Waals surface area (Å²) in [4.78, 5) is 1.99. The second kappa shape index (κ2) is 7.37. The zero-order valence-electron chi connectivity index (χ0n) is 10.3. The van der Waals surface area contributed by atoms with Crippen LogP contribution in [-0.4, -0.2) is 42.8 Å². The first-order chi connectivity index (χ1) is 8.13. The van der Waals surface area contributed by atoms with Crippen LogP contribution in [0.15, 0.2) is 24.3 Å². The molecular formula is C13H21FN2O. The van der Waals surface area contributed by atoms with Gasteiger partial charge in [0.1, 0.15) is 5.82 Å². The predicted molar refractivity (Wildman–Crippen MR) is 67.3 cm³/mol. The minimum Gasteiger partial charge on any atom is -0.392 e. The molecule has 1 atom stereocenters. The topological polar surface area (TPSA) is 49.5 Å². The fourth-order valence-electron chi connectivity index (χ4n) is 1.75. The fraction of sp³-hybridized carbons (Fsp3) is 0.538. The van der Waals surface area contributed by atoms with Crippen LogP contribution in [0.4, 0.5) is 4.39 Å². The average Bonchev–Trinajstić information content (AvgIpc) is 2.28. The third-order valence-electron chi connectivity index (χ3n) is 2.74. The first-order valence-electron chi connectivity index (χ1n) is 5.93. The van der Waals surface area contributed by atoms with Crippen molar-refractivity contribution in [3.8, 4) is 0 Å².